The topological polar surface area (TPSA) is 66.7 Å². The van der Waals surface area contributed by atoms with Crippen LogP contribution in [0.25, 0.3) is 10.9 Å². The third-order valence-corrected chi connectivity index (χ3v) is 4.01. The molecule has 5 heteroatoms. The lowest BCUT2D eigenvalue weighted by Crippen LogP contribution is -1.98. The second-order valence-electron chi connectivity index (χ2n) is 4.43. The van der Waals surface area contributed by atoms with Gasteiger partial charge in [0.1, 0.15) is 0 Å². The van der Waals surface area contributed by atoms with Gasteiger partial charge >= 0.3 is 0 Å². The van der Waals surface area contributed by atoms with E-state index < -0.39 is 0 Å². The van der Waals surface area contributed by atoms with Crippen molar-refractivity contribution in [2.24, 2.45) is 0 Å². The Hall–Kier alpha value is -2.01. The molecule has 0 aliphatic heterocycles. The van der Waals surface area contributed by atoms with Crippen LogP contribution in [0.2, 0.25) is 0 Å². The zero-order valence-electron chi connectivity index (χ0n) is 10.4. The van der Waals surface area contributed by atoms with Crippen molar-refractivity contribution in [2.75, 3.05) is 11.1 Å². The Balaban J connectivity index is 2.05. The highest BCUT2D eigenvalue weighted by atomic mass is 79.9. The zero-order chi connectivity index (χ0) is 13.4. The highest BCUT2D eigenvalue weighted by Gasteiger charge is 2.07. The first-order valence-corrected chi connectivity index (χ1v) is 6.69. The van der Waals surface area contributed by atoms with Crippen molar-refractivity contribution in [1.82, 2.24) is 10.2 Å². The van der Waals surface area contributed by atoms with E-state index in [1.54, 1.807) is 6.20 Å². The van der Waals surface area contributed by atoms with E-state index in [1.807, 2.05) is 30.3 Å². The highest BCUT2D eigenvalue weighted by Crippen LogP contribution is 2.31. The molecule has 0 spiro atoms. The molecule has 0 radical (unpaired) electrons. The number of fused-ring (bicyclic) bond motifs is 1. The largest absolute Gasteiger partial charge is 0.397 e. The summed E-state index contributed by atoms with van der Waals surface area (Å²) in [7, 11) is 0. The standard InChI is InChI=1S/C14H13BrN4/c1-8-10(15)3-2-4-12(8)18-14-6-13-9(5-11(14)16)7-17-19-13/h2-7,18H,16H2,1H3,(H,17,19). The molecule has 2 aromatic carbocycles. The summed E-state index contributed by atoms with van der Waals surface area (Å²) in [6.45, 7) is 2.05. The summed E-state index contributed by atoms with van der Waals surface area (Å²) >= 11 is 3.52. The fraction of sp³-hybridized carbons (Fsp3) is 0.0714. The first-order valence-electron chi connectivity index (χ1n) is 5.90. The maximum absolute atomic E-state index is 6.07. The third-order valence-electron chi connectivity index (χ3n) is 3.15. The molecular formula is C14H13BrN4. The molecule has 1 heterocycles. The molecule has 0 aliphatic carbocycles. The van der Waals surface area contributed by atoms with Gasteiger partial charge in [-0.1, -0.05) is 22.0 Å². The van der Waals surface area contributed by atoms with Crippen LogP contribution >= 0.6 is 15.9 Å². The molecule has 0 amide bonds. The van der Waals surface area contributed by atoms with Gasteiger partial charge in [-0.05, 0) is 36.8 Å². The van der Waals surface area contributed by atoms with E-state index in [-0.39, 0.29) is 0 Å². The summed E-state index contributed by atoms with van der Waals surface area (Å²) in [5.41, 5.74) is 10.8. The predicted octanol–water partition coefficient (Wildman–Crippen LogP) is 3.96. The van der Waals surface area contributed by atoms with Crippen molar-refractivity contribution in [3.63, 3.8) is 0 Å². The summed E-state index contributed by atoms with van der Waals surface area (Å²) in [5.74, 6) is 0. The zero-order valence-corrected chi connectivity index (χ0v) is 12.0. The molecule has 1 aromatic heterocycles. The molecule has 3 rings (SSSR count). The Morgan fingerprint density at radius 1 is 1.26 bits per heavy atom. The van der Waals surface area contributed by atoms with E-state index in [4.69, 9.17) is 5.73 Å². The number of nitrogen functional groups attached to an aromatic ring is 1. The van der Waals surface area contributed by atoms with Gasteiger partial charge in [0.2, 0.25) is 0 Å². The maximum atomic E-state index is 6.07. The van der Waals surface area contributed by atoms with Crippen molar-refractivity contribution >= 4 is 43.9 Å². The number of nitrogens with one attached hydrogen (secondary N) is 2. The smallest absolute Gasteiger partial charge is 0.0672 e. The number of hydrogen-bond donors (Lipinski definition) is 3. The number of anilines is 3. The minimum Gasteiger partial charge on any atom is -0.397 e. The number of H-pyrrole nitrogens is 1. The lowest BCUT2D eigenvalue weighted by Gasteiger charge is -2.12. The third kappa shape index (κ3) is 2.17. The fourth-order valence-corrected chi connectivity index (χ4v) is 2.37. The molecule has 0 unspecified atom stereocenters. The molecule has 3 aromatic rings. The number of aromatic amines is 1. The Labute approximate surface area is 119 Å². The molecule has 19 heavy (non-hydrogen) atoms. The van der Waals surface area contributed by atoms with Crippen LogP contribution in [0.15, 0.2) is 41.0 Å². The number of nitrogens with zero attached hydrogens (tertiary/aromatic N) is 1. The normalized spacial score (nSPS) is 10.8. The summed E-state index contributed by atoms with van der Waals surface area (Å²) in [5, 5.41) is 11.3. The first-order chi connectivity index (χ1) is 9.15. The molecule has 0 fully saturated rings. The van der Waals surface area contributed by atoms with Crippen LogP contribution in [-0.2, 0) is 0 Å². The highest BCUT2D eigenvalue weighted by molar-refractivity contribution is 9.10. The van der Waals surface area contributed by atoms with Crippen molar-refractivity contribution < 1.29 is 0 Å². The second-order valence-corrected chi connectivity index (χ2v) is 5.29. The van der Waals surface area contributed by atoms with E-state index >= 15 is 0 Å². The lowest BCUT2D eigenvalue weighted by molar-refractivity contribution is 1.12. The van der Waals surface area contributed by atoms with E-state index in [0.717, 1.165) is 32.3 Å². The van der Waals surface area contributed by atoms with Gasteiger partial charge < -0.3 is 11.1 Å². The van der Waals surface area contributed by atoms with Crippen molar-refractivity contribution in [1.29, 1.82) is 0 Å². The van der Waals surface area contributed by atoms with Gasteiger partial charge in [-0.25, -0.2) is 0 Å². The number of benzene rings is 2. The lowest BCUT2D eigenvalue weighted by atomic mass is 10.1. The van der Waals surface area contributed by atoms with Crippen molar-refractivity contribution in [3.05, 3.63) is 46.6 Å². The number of nitrogens with two attached hydrogens (primary N) is 1. The van der Waals surface area contributed by atoms with Gasteiger partial charge in [-0.2, -0.15) is 5.10 Å². The minimum atomic E-state index is 0.702. The molecule has 0 aliphatic rings. The summed E-state index contributed by atoms with van der Waals surface area (Å²) in [6, 6.07) is 9.91. The first kappa shape index (κ1) is 12.0. The number of aromatic nitrogens is 2. The van der Waals surface area contributed by atoms with Gasteiger partial charge in [0, 0.05) is 15.5 Å². The molecule has 0 saturated heterocycles. The molecule has 0 atom stereocenters. The van der Waals surface area contributed by atoms with Crippen LogP contribution in [0.4, 0.5) is 17.1 Å². The minimum absolute atomic E-state index is 0.702. The van der Waals surface area contributed by atoms with Crippen LogP contribution in [-0.4, -0.2) is 10.2 Å². The summed E-state index contributed by atoms with van der Waals surface area (Å²) in [4.78, 5) is 0. The molecule has 0 saturated carbocycles. The predicted molar refractivity (Wildman–Crippen MR) is 82.7 cm³/mol. The second kappa shape index (κ2) is 4.59. The monoisotopic (exact) mass is 316 g/mol. The van der Waals surface area contributed by atoms with Crippen LogP contribution < -0.4 is 11.1 Å². The van der Waals surface area contributed by atoms with E-state index in [9.17, 15) is 0 Å². The SMILES string of the molecule is Cc1c(Br)cccc1Nc1cc2[nH]ncc2cc1N. The average molecular weight is 317 g/mol. The van der Waals surface area contributed by atoms with Crippen LogP contribution in [0.3, 0.4) is 0 Å². The molecular weight excluding hydrogens is 304 g/mol. The van der Waals surface area contributed by atoms with Gasteiger partial charge in [-0.3, -0.25) is 5.10 Å². The fourth-order valence-electron chi connectivity index (χ4n) is 2.01. The van der Waals surface area contributed by atoms with E-state index in [0.29, 0.717) is 5.69 Å². The molecule has 0 bridgehead atoms. The quantitative estimate of drug-likeness (QED) is 0.627. The van der Waals surface area contributed by atoms with Crippen LogP contribution in [0, 0.1) is 6.92 Å². The molecule has 4 nitrogen and oxygen atoms in total. The summed E-state index contributed by atoms with van der Waals surface area (Å²) < 4.78 is 1.07. The molecule has 96 valence electrons. The Bertz CT molecular complexity index is 748. The number of halogens is 1. The van der Waals surface area contributed by atoms with Gasteiger partial charge in [0.25, 0.3) is 0 Å². The summed E-state index contributed by atoms with van der Waals surface area (Å²) in [6.07, 6.45) is 1.76. The van der Waals surface area contributed by atoms with Crippen molar-refractivity contribution in [3.8, 4) is 0 Å². The van der Waals surface area contributed by atoms with Crippen molar-refractivity contribution in [2.45, 2.75) is 6.92 Å². The van der Waals surface area contributed by atoms with Crippen LogP contribution in [0.1, 0.15) is 5.56 Å². The Morgan fingerprint density at radius 3 is 2.95 bits per heavy atom. The Morgan fingerprint density at radius 2 is 2.11 bits per heavy atom. The van der Waals surface area contributed by atoms with Gasteiger partial charge in [-0.15, -0.1) is 0 Å². The molecule has 4 N–H and O–H groups in total. The number of rotatable bonds is 2. The van der Waals surface area contributed by atoms with Gasteiger partial charge in [0.05, 0.1) is 23.1 Å². The number of hydrogen-bond acceptors (Lipinski definition) is 3. The van der Waals surface area contributed by atoms with E-state index in [2.05, 4.69) is 38.4 Å². The van der Waals surface area contributed by atoms with Gasteiger partial charge in [0.15, 0.2) is 0 Å². The van der Waals surface area contributed by atoms with E-state index in [1.165, 1.54) is 0 Å². The Kier molecular flexibility index (Phi) is 2.91. The maximum Gasteiger partial charge on any atom is 0.0672 e. The van der Waals surface area contributed by atoms with Crippen LogP contribution in [0.5, 0.6) is 0 Å². The average Bonchev–Trinajstić information content (AvgIpc) is 2.82.